The summed E-state index contributed by atoms with van der Waals surface area (Å²) in [5.41, 5.74) is 8.97. The molecule has 120 valence electrons. The summed E-state index contributed by atoms with van der Waals surface area (Å²) in [5, 5.41) is 0. The molecule has 0 aliphatic carbocycles. The van der Waals surface area contributed by atoms with E-state index in [1.807, 2.05) is 19.9 Å². The molecule has 1 atom stereocenters. The molecule has 0 aliphatic rings. The SMILES string of the molecule is CCN(CCOCCOC(C)OC)c1ccc(N)c(C)c1. The zero-order chi connectivity index (χ0) is 15.7. The van der Waals surface area contributed by atoms with E-state index < -0.39 is 0 Å². The van der Waals surface area contributed by atoms with E-state index in [9.17, 15) is 0 Å². The van der Waals surface area contributed by atoms with Crippen LogP contribution in [-0.2, 0) is 14.2 Å². The van der Waals surface area contributed by atoms with Crippen molar-refractivity contribution in [2.45, 2.75) is 27.1 Å². The highest BCUT2D eigenvalue weighted by atomic mass is 16.7. The van der Waals surface area contributed by atoms with E-state index in [2.05, 4.69) is 24.0 Å². The molecule has 0 radical (unpaired) electrons. The van der Waals surface area contributed by atoms with Crippen molar-refractivity contribution in [1.82, 2.24) is 0 Å². The van der Waals surface area contributed by atoms with Crippen molar-refractivity contribution in [3.63, 3.8) is 0 Å². The molecule has 1 aromatic carbocycles. The van der Waals surface area contributed by atoms with Gasteiger partial charge in [-0.05, 0) is 44.5 Å². The van der Waals surface area contributed by atoms with Crippen molar-refractivity contribution in [2.75, 3.05) is 50.7 Å². The van der Waals surface area contributed by atoms with Crippen LogP contribution in [0.3, 0.4) is 0 Å². The van der Waals surface area contributed by atoms with E-state index in [4.69, 9.17) is 19.9 Å². The molecular weight excluding hydrogens is 268 g/mol. The number of nitrogens with two attached hydrogens (primary N) is 1. The molecule has 5 nitrogen and oxygen atoms in total. The molecule has 0 spiro atoms. The van der Waals surface area contributed by atoms with Crippen LogP contribution in [0.4, 0.5) is 11.4 Å². The first-order valence-corrected chi connectivity index (χ1v) is 7.41. The van der Waals surface area contributed by atoms with Crippen LogP contribution < -0.4 is 10.6 Å². The fourth-order valence-electron chi connectivity index (χ4n) is 1.94. The Labute approximate surface area is 128 Å². The number of methoxy groups -OCH3 is 1. The third-order valence-corrected chi connectivity index (χ3v) is 3.42. The molecule has 0 saturated heterocycles. The number of benzene rings is 1. The maximum Gasteiger partial charge on any atom is 0.154 e. The summed E-state index contributed by atoms with van der Waals surface area (Å²) in [5.74, 6) is 0. The smallest absolute Gasteiger partial charge is 0.154 e. The van der Waals surface area contributed by atoms with Gasteiger partial charge >= 0.3 is 0 Å². The van der Waals surface area contributed by atoms with Gasteiger partial charge < -0.3 is 24.8 Å². The fraction of sp³-hybridized carbons (Fsp3) is 0.625. The molecule has 0 aliphatic heterocycles. The van der Waals surface area contributed by atoms with E-state index >= 15 is 0 Å². The van der Waals surface area contributed by atoms with E-state index in [1.165, 1.54) is 5.69 Å². The molecule has 2 N–H and O–H groups in total. The maximum atomic E-state index is 5.85. The van der Waals surface area contributed by atoms with Crippen molar-refractivity contribution >= 4 is 11.4 Å². The zero-order valence-electron chi connectivity index (χ0n) is 13.6. The second kappa shape index (κ2) is 9.60. The molecule has 0 saturated carbocycles. The molecule has 0 fully saturated rings. The summed E-state index contributed by atoms with van der Waals surface area (Å²) in [6.45, 7) is 9.59. The van der Waals surface area contributed by atoms with Gasteiger partial charge in [0.05, 0.1) is 19.8 Å². The van der Waals surface area contributed by atoms with Gasteiger partial charge in [0.15, 0.2) is 6.29 Å². The van der Waals surface area contributed by atoms with E-state index in [-0.39, 0.29) is 6.29 Å². The maximum absolute atomic E-state index is 5.85. The molecule has 0 amide bonds. The lowest BCUT2D eigenvalue weighted by atomic mass is 10.1. The van der Waals surface area contributed by atoms with Gasteiger partial charge in [-0.1, -0.05) is 0 Å². The normalized spacial score (nSPS) is 12.4. The Bertz CT molecular complexity index is 413. The van der Waals surface area contributed by atoms with Crippen LogP contribution >= 0.6 is 0 Å². The second-order valence-electron chi connectivity index (χ2n) is 4.91. The molecule has 0 aromatic heterocycles. The summed E-state index contributed by atoms with van der Waals surface area (Å²) in [4.78, 5) is 2.27. The lowest BCUT2D eigenvalue weighted by Crippen LogP contribution is -2.27. The number of likely N-dealkylation sites (N-methyl/N-ethyl adjacent to an activating group) is 1. The Hall–Kier alpha value is -1.30. The van der Waals surface area contributed by atoms with Crippen LogP contribution in [0.15, 0.2) is 18.2 Å². The standard InChI is InChI=1S/C16H28N2O3/c1-5-18(15-6-7-16(17)13(2)12-15)8-9-20-10-11-21-14(3)19-4/h6-7,12,14H,5,8-11,17H2,1-4H3. The first-order valence-electron chi connectivity index (χ1n) is 7.41. The van der Waals surface area contributed by atoms with Crippen molar-refractivity contribution in [1.29, 1.82) is 0 Å². The van der Waals surface area contributed by atoms with Gasteiger partial charge in [0.1, 0.15) is 0 Å². The largest absolute Gasteiger partial charge is 0.399 e. The van der Waals surface area contributed by atoms with Gasteiger partial charge in [0, 0.05) is 31.6 Å². The van der Waals surface area contributed by atoms with Gasteiger partial charge in [-0.25, -0.2) is 0 Å². The van der Waals surface area contributed by atoms with Crippen molar-refractivity contribution in [3.8, 4) is 0 Å². The van der Waals surface area contributed by atoms with Crippen LogP contribution in [0.1, 0.15) is 19.4 Å². The zero-order valence-corrected chi connectivity index (χ0v) is 13.6. The Morgan fingerprint density at radius 2 is 2.00 bits per heavy atom. The lowest BCUT2D eigenvalue weighted by Gasteiger charge is -2.24. The van der Waals surface area contributed by atoms with Crippen LogP contribution in [0, 0.1) is 6.92 Å². The molecule has 21 heavy (non-hydrogen) atoms. The van der Waals surface area contributed by atoms with Crippen LogP contribution in [0.5, 0.6) is 0 Å². The van der Waals surface area contributed by atoms with E-state index in [0.29, 0.717) is 19.8 Å². The average molecular weight is 296 g/mol. The minimum absolute atomic E-state index is 0.182. The minimum Gasteiger partial charge on any atom is -0.399 e. The van der Waals surface area contributed by atoms with Gasteiger partial charge in [-0.15, -0.1) is 0 Å². The van der Waals surface area contributed by atoms with Gasteiger partial charge in [0.2, 0.25) is 0 Å². The summed E-state index contributed by atoms with van der Waals surface area (Å²) < 4.78 is 15.9. The first kappa shape index (κ1) is 17.8. The highest BCUT2D eigenvalue weighted by Crippen LogP contribution is 2.20. The molecule has 1 rings (SSSR count). The monoisotopic (exact) mass is 296 g/mol. The van der Waals surface area contributed by atoms with Crippen molar-refractivity contribution in [2.24, 2.45) is 0 Å². The number of aryl methyl sites for hydroxylation is 1. The van der Waals surface area contributed by atoms with Gasteiger partial charge in [-0.3, -0.25) is 0 Å². The Morgan fingerprint density at radius 3 is 2.62 bits per heavy atom. The molecule has 5 heteroatoms. The summed E-state index contributed by atoms with van der Waals surface area (Å²) in [6.07, 6.45) is -0.182. The molecule has 1 unspecified atom stereocenters. The Kier molecular flexibility index (Phi) is 8.12. The quantitative estimate of drug-likeness (QED) is 0.408. The van der Waals surface area contributed by atoms with Crippen LogP contribution in [0.25, 0.3) is 0 Å². The van der Waals surface area contributed by atoms with E-state index in [0.717, 1.165) is 24.3 Å². The number of rotatable bonds is 10. The molecule has 0 heterocycles. The number of ether oxygens (including phenoxy) is 3. The van der Waals surface area contributed by atoms with Crippen molar-refractivity contribution < 1.29 is 14.2 Å². The van der Waals surface area contributed by atoms with Crippen LogP contribution in [-0.4, -0.2) is 46.3 Å². The minimum atomic E-state index is -0.182. The average Bonchev–Trinajstić information content (AvgIpc) is 2.49. The molecular formula is C16H28N2O3. The lowest BCUT2D eigenvalue weighted by molar-refractivity contribution is -0.121. The third-order valence-electron chi connectivity index (χ3n) is 3.42. The Balaban J connectivity index is 2.29. The number of nitrogens with zero attached hydrogens (tertiary/aromatic N) is 1. The number of anilines is 2. The topological polar surface area (TPSA) is 57.0 Å². The molecule has 1 aromatic rings. The predicted molar refractivity (Wildman–Crippen MR) is 86.7 cm³/mol. The van der Waals surface area contributed by atoms with Crippen molar-refractivity contribution in [3.05, 3.63) is 23.8 Å². The Morgan fingerprint density at radius 1 is 1.24 bits per heavy atom. The predicted octanol–water partition coefficient (Wildman–Crippen LogP) is 2.43. The summed E-state index contributed by atoms with van der Waals surface area (Å²) >= 11 is 0. The summed E-state index contributed by atoms with van der Waals surface area (Å²) in [7, 11) is 1.62. The number of nitrogen functional groups attached to an aromatic ring is 1. The number of hydrogen-bond donors (Lipinski definition) is 1. The van der Waals surface area contributed by atoms with Gasteiger partial charge in [-0.2, -0.15) is 0 Å². The number of hydrogen-bond acceptors (Lipinski definition) is 5. The van der Waals surface area contributed by atoms with E-state index in [1.54, 1.807) is 7.11 Å². The second-order valence-corrected chi connectivity index (χ2v) is 4.91. The molecule has 0 bridgehead atoms. The van der Waals surface area contributed by atoms with Crippen LogP contribution in [0.2, 0.25) is 0 Å². The van der Waals surface area contributed by atoms with Gasteiger partial charge in [0.25, 0.3) is 0 Å². The highest BCUT2D eigenvalue weighted by molar-refractivity contribution is 5.57. The fourth-order valence-corrected chi connectivity index (χ4v) is 1.94. The summed E-state index contributed by atoms with van der Waals surface area (Å²) in [6, 6.07) is 6.12. The third kappa shape index (κ3) is 6.33. The highest BCUT2D eigenvalue weighted by Gasteiger charge is 2.05. The first-order chi connectivity index (χ1) is 10.1.